The summed E-state index contributed by atoms with van der Waals surface area (Å²) in [6, 6.07) is 0. The zero-order valence-corrected chi connectivity index (χ0v) is 9.45. The van der Waals surface area contributed by atoms with Gasteiger partial charge in [0.2, 0.25) is 5.91 Å². The van der Waals surface area contributed by atoms with Gasteiger partial charge in [-0.15, -0.1) is 0 Å². The summed E-state index contributed by atoms with van der Waals surface area (Å²) >= 11 is 0. The number of carbonyl (C=O) groups is 1. The third-order valence-electron chi connectivity index (χ3n) is 2.33. The van der Waals surface area contributed by atoms with Crippen LogP contribution in [0.1, 0.15) is 34.1 Å². The number of hydrazine groups is 1. The molecule has 1 rings (SSSR count). The molecular formula is C10H20N2O2. The molecular weight excluding hydrogens is 180 g/mol. The normalized spacial score (nSPS) is 21.8. The van der Waals surface area contributed by atoms with Gasteiger partial charge in [0.15, 0.2) is 0 Å². The molecule has 1 amide bonds. The minimum absolute atomic E-state index is 0.0545. The molecule has 0 saturated carbocycles. The van der Waals surface area contributed by atoms with Crippen molar-refractivity contribution in [1.82, 2.24) is 10.0 Å². The molecule has 1 heterocycles. The van der Waals surface area contributed by atoms with E-state index >= 15 is 0 Å². The van der Waals surface area contributed by atoms with Crippen molar-refractivity contribution in [3.05, 3.63) is 0 Å². The Bertz CT molecular complexity index is 221. The number of nitrogens with zero attached hydrogens (tertiary/aromatic N) is 2. The van der Waals surface area contributed by atoms with Crippen molar-refractivity contribution >= 4 is 5.91 Å². The predicted molar refractivity (Wildman–Crippen MR) is 54.5 cm³/mol. The monoisotopic (exact) mass is 200 g/mol. The zero-order valence-electron chi connectivity index (χ0n) is 9.45. The maximum Gasteiger partial charge on any atom is 0.238 e. The van der Waals surface area contributed by atoms with Crippen molar-refractivity contribution in [2.75, 3.05) is 13.1 Å². The Hall–Kier alpha value is -0.610. The molecule has 1 fully saturated rings. The van der Waals surface area contributed by atoms with E-state index in [1.807, 2.05) is 5.01 Å². The minimum atomic E-state index is -0.470. The molecule has 1 unspecified atom stereocenters. The van der Waals surface area contributed by atoms with Crippen molar-refractivity contribution in [1.29, 1.82) is 0 Å². The topological polar surface area (TPSA) is 43.8 Å². The van der Waals surface area contributed by atoms with E-state index in [1.165, 1.54) is 0 Å². The molecule has 0 bridgehead atoms. The third-order valence-corrected chi connectivity index (χ3v) is 2.33. The highest BCUT2D eigenvalue weighted by Gasteiger charge is 2.36. The predicted octanol–water partition coefficient (Wildman–Crippen LogP) is 0.615. The largest absolute Gasteiger partial charge is 0.392 e. The Balaban J connectivity index is 2.72. The van der Waals surface area contributed by atoms with E-state index in [1.54, 1.807) is 11.9 Å². The summed E-state index contributed by atoms with van der Waals surface area (Å²) in [6.07, 6.45) is 0.0891. The van der Waals surface area contributed by atoms with Gasteiger partial charge in [-0.25, -0.2) is 5.01 Å². The molecule has 0 aromatic rings. The fourth-order valence-electron chi connectivity index (χ4n) is 1.73. The Kier molecular flexibility index (Phi) is 3.17. The maximum atomic E-state index is 11.5. The van der Waals surface area contributed by atoms with E-state index in [0.29, 0.717) is 13.0 Å². The van der Waals surface area contributed by atoms with Gasteiger partial charge in [-0.05, 0) is 27.7 Å². The first-order chi connectivity index (χ1) is 6.32. The lowest BCUT2D eigenvalue weighted by Crippen LogP contribution is -2.51. The summed E-state index contributed by atoms with van der Waals surface area (Å²) in [7, 11) is 0. The molecule has 1 N–H and O–H groups in total. The van der Waals surface area contributed by atoms with E-state index in [9.17, 15) is 9.90 Å². The summed E-state index contributed by atoms with van der Waals surface area (Å²) in [5.41, 5.74) is -0.0545. The molecule has 1 aliphatic heterocycles. The first-order valence-corrected chi connectivity index (χ1v) is 5.08. The minimum Gasteiger partial charge on any atom is -0.392 e. The first-order valence-electron chi connectivity index (χ1n) is 5.08. The first kappa shape index (κ1) is 11.5. The van der Waals surface area contributed by atoms with Gasteiger partial charge in [0.05, 0.1) is 12.6 Å². The summed E-state index contributed by atoms with van der Waals surface area (Å²) < 4.78 is 0. The highest BCUT2D eigenvalue weighted by atomic mass is 16.3. The SMILES string of the molecule is CC(O)CN1C(=O)CCN1C(C)(C)C. The van der Waals surface area contributed by atoms with Crippen molar-refractivity contribution in [2.24, 2.45) is 0 Å². The van der Waals surface area contributed by atoms with Crippen molar-refractivity contribution in [3.63, 3.8) is 0 Å². The Morgan fingerprint density at radius 1 is 1.50 bits per heavy atom. The Labute approximate surface area is 85.5 Å². The van der Waals surface area contributed by atoms with Crippen LogP contribution in [0.25, 0.3) is 0 Å². The number of β-amino-alcohol motifs (C(OH)–C–C–N with tert-alkyl or cyclic N) is 1. The van der Waals surface area contributed by atoms with Crippen molar-refractivity contribution in [2.45, 2.75) is 45.8 Å². The highest BCUT2D eigenvalue weighted by Crippen LogP contribution is 2.22. The molecule has 0 aromatic carbocycles. The zero-order chi connectivity index (χ0) is 10.9. The van der Waals surface area contributed by atoms with E-state index in [4.69, 9.17) is 0 Å². The van der Waals surface area contributed by atoms with Gasteiger partial charge in [-0.2, -0.15) is 0 Å². The van der Waals surface area contributed by atoms with Gasteiger partial charge >= 0.3 is 0 Å². The Morgan fingerprint density at radius 2 is 2.07 bits per heavy atom. The van der Waals surface area contributed by atoms with Gasteiger partial charge in [-0.1, -0.05) is 0 Å². The van der Waals surface area contributed by atoms with Gasteiger partial charge in [0.25, 0.3) is 0 Å². The fourth-order valence-corrected chi connectivity index (χ4v) is 1.73. The van der Waals surface area contributed by atoms with Crippen LogP contribution in [0.5, 0.6) is 0 Å². The molecule has 0 spiro atoms. The van der Waals surface area contributed by atoms with E-state index < -0.39 is 6.10 Å². The second-order valence-corrected chi connectivity index (χ2v) is 4.87. The quantitative estimate of drug-likeness (QED) is 0.710. The standard InChI is InChI=1S/C10H20N2O2/c1-8(13)7-11-9(14)5-6-12(11)10(2,3)4/h8,13H,5-7H2,1-4H3. The molecule has 1 saturated heterocycles. The van der Waals surface area contributed by atoms with Crippen LogP contribution < -0.4 is 0 Å². The summed E-state index contributed by atoms with van der Waals surface area (Å²) in [6.45, 7) is 9.07. The van der Waals surface area contributed by atoms with Crippen LogP contribution >= 0.6 is 0 Å². The number of carbonyl (C=O) groups excluding carboxylic acids is 1. The molecule has 4 heteroatoms. The average molecular weight is 200 g/mol. The van der Waals surface area contributed by atoms with Gasteiger partial charge in [0.1, 0.15) is 0 Å². The smallest absolute Gasteiger partial charge is 0.238 e. The van der Waals surface area contributed by atoms with Crippen LogP contribution in [0, 0.1) is 0 Å². The molecule has 82 valence electrons. The molecule has 14 heavy (non-hydrogen) atoms. The highest BCUT2D eigenvalue weighted by molar-refractivity contribution is 5.77. The van der Waals surface area contributed by atoms with Crippen molar-refractivity contribution in [3.8, 4) is 0 Å². The third kappa shape index (κ3) is 2.45. The summed E-state index contributed by atoms with van der Waals surface area (Å²) in [5.74, 6) is 0.112. The van der Waals surface area contributed by atoms with Crippen LogP contribution in [0.2, 0.25) is 0 Å². The van der Waals surface area contributed by atoms with Crippen LogP contribution in [-0.2, 0) is 4.79 Å². The maximum absolute atomic E-state index is 11.5. The molecule has 0 aliphatic carbocycles. The average Bonchev–Trinajstić information content (AvgIpc) is 2.30. The molecule has 4 nitrogen and oxygen atoms in total. The summed E-state index contributed by atoms with van der Waals surface area (Å²) in [5, 5.41) is 13.0. The lowest BCUT2D eigenvalue weighted by Gasteiger charge is -2.38. The summed E-state index contributed by atoms with van der Waals surface area (Å²) in [4.78, 5) is 11.5. The van der Waals surface area contributed by atoms with Gasteiger partial charge < -0.3 is 5.11 Å². The van der Waals surface area contributed by atoms with E-state index in [-0.39, 0.29) is 11.4 Å². The molecule has 0 aromatic heterocycles. The van der Waals surface area contributed by atoms with Crippen LogP contribution in [0.4, 0.5) is 0 Å². The lowest BCUT2D eigenvalue weighted by atomic mass is 10.1. The van der Waals surface area contributed by atoms with Gasteiger partial charge in [-0.3, -0.25) is 9.80 Å². The number of amides is 1. The van der Waals surface area contributed by atoms with Crippen LogP contribution in [0.15, 0.2) is 0 Å². The van der Waals surface area contributed by atoms with Gasteiger partial charge in [0, 0.05) is 18.5 Å². The number of aliphatic hydroxyl groups excluding tert-OH is 1. The lowest BCUT2D eigenvalue weighted by molar-refractivity contribution is -0.147. The van der Waals surface area contributed by atoms with Crippen LogP contribution in [0.3, 0.4) is 0 Å². The van der Waals surface area contributed by atoms with E-state index in [0.717, 1.165) is 6.54 Å². The fraction of sp³-hybridized carbons (Fsp3) is 0.900. The number of rotatable bonds is 2. The van der Waals surface area contributed by atoms with E-state index in [2.05, 4.69) is 20.8 Å². The molecule has 0 radical (unpaired) electrons. The second kappa shape index (κ2) is 3.87. The van der Waals surface area contributed by atoms with Crippen molar-refractivity contribution < 1.29 is 9.90 Å². The molecule has 1 aliphatic rings. The van der Waals surface area contributed by atoms with Crippen LogP contribution in [-0.4, -0.2) is 45.8 Å². The molecule has 1 atom stereocenters. The number of hydrogen-bond donors (Lipinski definition) is 1. The number of hydrogen-bond acceptors (Lipinski definition) is 3. The Morgan fingerprint density at radius 3 is 2.50 bits per heavy atom. The second-order valence-electron chi connectivity index (χ2n) is 4.87. The number of aliphatic hydroxyl groups is 1.